The molecule has 12 heteroatoms. The van der Waals surface area contributed by atoms with E-state index in [-0.39, 0.29) is 12.2 Å². The van der Waals surface area contributed by atoms with Crippen molar-refractivity contribution in [1.82, 2.24) is 19.6 Å². The second-order valence-electron chi connectivity index (χ2n) is 33.2. The minimum absolute atomic E-state index is 0.181. The van der Waals surface area contributed by atoms with Crippen molar-refractivity contribution in [3.8, 4) is 23.0 Å². The summed E-state index contributed by atoms with van der Waals surface area (Å²) in [5, 5.41) is 41.9. The molecule has 8 aliphatic rings. The fourth-order valence-corrected chi connectivity index (χ4v) is 20.5. The minimum atomic E-state index is -0.181. The van der Waals surface area contributed by atoms with Gasteiger partial charge in [0.2, 0.25) is 0 Å². The molecule has 0 saturated carbocycles. The second-order valence-corrected chi connectivity index (χ2v) is 33.2. The van der Waals surface area contributed by atoms with Gasteiger partial charge in [-0.25, -0.2) is 0 Å². The van der Waals surface area contributed by atoms with Crippen LogP contribution in [0.2, 0.25) is 0 Å². The van der Waals surface area contributed by atoms with Crippen LogP contribution in [0, 0.1) is 55.4 Å². The Balaban J connectivity index is 0.000000111. The number of ether oxygens (including phenoxy) is 5. The highest BCUT2D eigenvalue weighted by Crippen LogP contribution is 2.48. The molecular weight excluding hydrogens is 1370 g/mol. The van der Waals surface area contributed by atoms with E-state index in [2.05, 4.69) is 216 Å². The largest absolute Gasteiger partial charge is 0.500 e. The lowest BCUT2D eigenvalue weighted by molar-refractivity contribution is -0.124. The molecule has 12 nitrogen and oxygen atoms in total. The molecule has 0 amide bonds. The van der Waals surface area contributed by atoms with Gasteiger partial charge in [-0.3, -0.25) is 24.4 Å². The third-order valence-corrected chi connectivity index (χ3v) is 26.3. The van der Waals surface area contributed by atoms with Crippen LogP contribution in [0.15, 0.2) is 146 Å². The van der Waals surface area contributed by atoms with Crippen molar-refractivity contribution in [1.29, 1.82) is 0 Å². The van der Waals surface area contributed by atoms with Gasteiger partial charge in [-0.1, -0.05) is 95.1 Å². The number of carbonyl (C=O) groups is 1. The molecule has 0 bridgehead atoms. The van der Waals surface area contributed by atoms with Crippen LogP contribution < -0.4 is 18.9 Å². The van der Waals surface area contributed by atoms with E-state index in [0.29, 0.717) is 36.5 Å². The van der Waals surface area contributed by atoms with E-state index in [4.69, 9.17) is 23.7 Å². The monoisotopic (exact) mass is 1480 g/mol. The Morgan fingerprint density at radius 1 is 0.315 bits per heavy atom. The highest BCUT2D eigenvalue weighted by atomic mass is 16.5. The number of piperidine rings is 3. The van der Waals surface area contributed by atoms with Crippen LogP contribution in [-0.4, -0.2) is 134 Å². The van der Waals surface area contributed by atoms with E-state index in [1.165, 1.54) is 175 Å². The number of methoxy groups -OCH3 is 5. The lowest BCUT2D eigenvalue weighted by atomic mass is 9.81. The van der Waals surface area contributed by atoms with E-state index in [1.54, 1.807) is 35.5 Å². The molecule has 111 heavy (non-hydrogen) atoms. The van der Waals surface area contributed by atoms with E-state index in [1.807, 2.05) is 0 Å². The van der Waals surface area contributed by atoms with Crippen LogP contribution in [0.4, 0.5) is 0 Å². The first-order valence-corrected chi connectivity index (χ1v) is 40.4. The molecule has 0 aromatic heterocycles. The normalized spacial score (nSPS) is 20.8. The Hall–Kier alpha value is -9.37. The third kappa shape index (κ3) is 14.0. The van der Waals surface area contributed by atoms with Gasteiger partial charge in [0.15, 0.2) is 0 Å². The summed E-state index contributed by atoms with van der Waals surface area (Å²) in [6, 6.07) is 47.7. The van der Waals surface area contributed by atoms with Gasteiger partial charge >= 0.3 is 0 Å². The molecule has 20 rings (SSSR count). The zero-order valence-corrected chi connectivity index (χ0v) is 67.6. The van der Waals surface area contributed by atoms with Crippen molar-refractivity contribution < 1.29 is 38.7 Å². The van der Waals surface area contributed by atoms with Crippen LogP contribution >= 0.6 is 0 Å². The zero-order chi connectivity index (χ0) is 77.5. The van der Waals surface area contributed by atoms with Gasteiger partial charge in [0.25, 0.3) is 0 Å². The number of fused-ring (bicyclic) bond motifs is 28. The van der Waals surface area contributed by atoms with Gasteiger partial charge in [-0.2, -0.15) is 0 Å². The van der Waals surface area contributed by atoms with Crippen molar-refractivity contribution >= 4 is 92.0 Å². The van der Waals surface area contributed by atoms with Crippen LogP contribution in [0.25, 0.3) is 86.2 Å². The predicted molar refractivity (Wildman–Crippen MR) is 457 cm³/mol. The molecule has 12 aromatic carbocycles. The fourth-order valence-electron chi connectivity index (χ4n) is 20.5. The molecule has 8 heterocycles. The molecule has 0 unspecified atom stereocenters. The topological polar surface area (TPSA) is 117 Å². The zero-order valence-electron chi connectivity index (χ0n) is 67.6. The van der Waals surface area contributed by atoms with Gasteiger partial charge in [-0.15, -0.1) is 13.2 Å². The summed E-state index contributed by atoms with van der Waals surface area (Å²) < 4.78 is 28.2. The number of hydrogen-bond donors (Lipinski definition) is 2. The van der Waals surface area contributed by atoms with E-state index in [9.17, 15) is 15.0 Å². The number of aliphatic hydroxyl groups excluding tert-OH is 2. The first-order chi connectivity index (χ1) is 53.7. The maximum atomic E-state index is 12.0. The first-order valence-electron chi connectivity index (χ1n) is 40.4. The maximum absolute atomic E-state index is 12.0. The summed E-state index contributed by atoms with van der Waals surface area (Å²) in [6.07, 6.45) is 12.9. The average molecular weight is 1480 g/mol. The Bertz CT molecular complexity index is 5590. The van der Waals surface area contributed by atoms with Gasteiger partial charge in [0.05, 0.1) is 60.8 Å². The first kappa shape index (κ1) is 75.7. The molecule has 0 radical (unpaired) electrons. The summed E-state index contributed by atoms with van der Waals surface area (Å²) >= 11 is 0. The smallest absolute Gasteiger partial charge is 0.146 e. The number of rotatable bonds is 5. The summed E-state index contributed by atoms with van der Waals surface area (Å²) in [5.74, 6) is 5.36. The molecule has 3 saturated heterocycles. The van der Waals surface area contributed by atoms with E-state index in [0.717, 1.165) is 145 Å². The number of Topliss-reactive ketones (excluding diaryl/α,β-unsaturated/α-hetero) is 1. The van der Waals surface area contributed by atoms with Crippen molar-refractivity contribution in [3.05, 3.63) is 235 Å². The van der Waals surface area contributed by atoms with Gasteiger partial charge in [-0.05, 0) is 327 Å². The lowest BCUT2D eigenvalue weighted by Gasteiger charge is -2.42. The number of carbonyl (C=O) groups excluding carboxylic acids is 1. The number of hydrogen-bond acceptors (Lipinski definition) is 12. The fraction of sp³-hybridized carbons (Fsp3) is 0.384. The maximum Gasteiger partial charge on any atom is 0.146 e. The number of nitrogens with zero attached hydrogens (tertiary/aromatic N) is 4. The number of benzene rings is 12. The van der Waals surface area contributed by atoms with Crippen molar-refractivity contribution in [3.63, 3.8) is 0 Å². The Morgan fingerprint density at radius 2 is 0.613 bits per heavy atom. The van der Waals surface area contributed by atoms with Crippen molar-refractivity contribution in [2.75, 3.05) is 61.7 Å². The molecule has 0 spiro atoms. The van der Waals surface area contributed by atoms with E-state index < -0.39 is 0 Å². The van der Waals surface area contributed by atoms with Crippen LogP contribution in [0.5, 0.6) is 23.0 Å². The second kappa shape index (κ2) is 31.0. The Kier molecular flexibility index (Phi) is 21.1. The molecule has 574 valence electrons. The standard InChI is InChI=1S/C25H27NO2.2C24H27NO2.C24H25NO2.C2H4/c1-15-5-8-19-20(9-15)21-10-16(2)25(28-4)12-23(21)22-11-17-6-7-18(27-3)13-26(17)14-24(19)22;3*1-14-4-7-18-19(8-14)20-9-15(2)24(27-3)11-22(20)21-10-16-5-6-17(26)12-25(16)13-23(18)21;1-2/h5,7-10,12,17H,6,11,13-14H2,1-4H3;2*4,7-9,11,16-17,26H,5-6,10,12-13H2,1-3H3;4,7-9,11,16H,5-6,10,12-13H2,1-3H3;1-2H2/t17-;16-,17+;16-,17-;16-;/m1111./s1. The summed E-state index contributed by atoms with van der Waals surface area (Å²) in [6.45, 7) is 30.0. The SMILES string of the molecule is C=C.COC1=CC[C@@H]2Cc3c(c4ccc(C)cc4c4cc(C)c(OC)cc34)CN2C1.COc1cc2c3c(c4ccc(C)cc4c2cc1C)CN1CC(=O)CC[C@@H]1C3.COc1cc2c3c(c4ccc(C)cc4c2cc1C)CN1C[C@@H](O)CC[C@@H]1C3.COc1cc2c3c(c4ccc(C)cc4c2cc1C)CN1C[C@H](O)CC[C@@H]1C3. The molecule has 2 N–H and O–H groups in total. The Labute approximate surface area is 655 Å². The predicted octanol–water partition coefficient (Wildman–Crippen LogP) is 19.8. The number of aryl methyl sites for hydroxylation is 8. The molecule has 6 atom stereocenters. The highest BCUT2D eigenvalue weighted by Gasteiger charge is 2.38. The van der Waals surface area contributed by atoms with Gasteiger partial charge in [0.1, 0.15) is 34.5 Å². The number of ketones is 1. The lowest BCUT2D eigenvalue weighted by Crippen LogP contribution is -2.48. The van der Waals surface area contributed by atoms with E-state index >= 15 is 0 Å². The van der Waals surface area contributed by atoms with Crippen molar-refractivity contribution in [2.45, 2.75) is 189 Å². The van der Waals surface area contributed by atoms with Crippen LogP contribution in [0.3, 0.4) is 0 Å². The molecule has 12 aromatic rings. The molecule has 8 aliphatic heterocycles. The molecule has 3 fully saturated rings. The quantitative estimate of drug-likeness (QED) is 0.126. The molecular formula is C99H110N4O8. The summed E-state index contributed by atoms with van der Waals surface area (Å²) in [5.41, 5.74) is 21.6. The van der Waals surface area contributed by atoms with Gasteiger partial charge in [0, 0.05) is 69.9 Å². The molecule has 0 aliphatic carbocycles. The average Bonchev–Trinajstić information content (AvgIpc) is 0.747. The minimum Gasteiger partial charge on any atom is -0.500 e. The van der Waals surface area contributed by atoms with Crippen LogP contribution in [-0.2, 0) is 61.4 Å². The third-order valence-electron chi connectivity index (χ3n) is 26.3. The summed E-state index contributed by atoms with van der Waals surface area (Å²) in [4.78, 5) is 22.0. The Morgan fingerprint density at radius 3 is 0.937 bits per heavy atom. The van der Waals surface area contributed by atoms with Crippen LogP contribution in [0.1, 0.15) is 134 Å². The number of aliphatic hydroxyl groups is 2. The highest BCUT2D eigenvalue weighted by molar-refractivity contribution is 6.15. The summed E-state index contributed by atoms with van der Waals surface area (Å²) in [7, 11) is 8.82. The van der Waals surface area contributed by atoms with Gasteiger partial charge < -0.3 is 33.9 Å². The van der Waals surface area contributed by atoms with Crippen molar-refractivity contribution in [2.24, 2.45) is 0 Å².